The molecule has 2 aromatic carbocycles. The first-order chi connectivity index (χ1) is 14.2. The molecule has 2 N–H and O–H groups in total. The number of nitrogens with one attached hydrogen (secondary N) is 2. The Hall–Kier alpha value is -3.17. The first-order valence-electron chi connectivity index (χ1n) is 8.71. The van der Waals surface area contributed by atoms with E-state index in [1.807, 2.05) is 36.4 Å². The van der Waals surface area contributed by atoms with Gasteiger partial charge in [-0.3, -0.25) is 9.89 Å². The molecule has 2 heterocycles. The van der Waals surface area contributed by atoms with Gasteiger partial charge in [-0.25, -0.2) is 10.4 Å². The van der Waals surface area contributed by atoms with E-state index in [0.29, 0.717) is 11.4 Å². The number of hydrogen-bond donors (Lipinski definition) is 2. The number of nitrogens with zero attached hydrogens (tertiary/aromatic N) is 3. The predicted octanol–water partition coefficient (Wildman–Crippen LogP) is 4.08. The largest absolute Gasteiger partial charge is 0.496 e. The molecule has 7 nitrogen and oxygen atoms in total. The second-order valence-corrected chi connectivity index (χ2v) is 8.23. The quantitative estimate of drug-likeness (QED) is 0.265. The molecule has 1 amide bonds. The van der Waals surface area contributed by atoms with Crippen LogP contribution >= 0.6 is 23.1 Å². The summed E-state index contributed by atoms with van der Waals surface area (Å²) in [4.78, 5) is 16.5. The van der Waals surface area contributed by atoms with Crippen molar-refractivity contribution in [3.05, 3.63) is 71.5 Å². The number of carbonyl (C=O) groups excluding carboxylic acids is 1. The molecule has 29 heavy (non-hydrogen) atoms. The van der Waals surface area contributed by atoms with E-state index in [1.54, 1.807) is 42.5 Å². The number of para-hydroxylation sites is 1. The van der Waals surface area contributed by atoms with Crippen LogP contribution < -0.4 is 10.2 Å². The van der Waals surface area contributed by atoms with Crippen LogP contribution in [0.2, 0.25) is 0 Å². The molecular formula is C20H17N5O2S2. The number of carbonyl (C=O) groups is 1. The summed E-state index contributed by atoms with van der Waals surface area (Å²) in [6.45, 7) is 0. The number of thiazole rings is 1. The summed E-state index contributed by atoms with van der Waals surface area (Å²) < 4.78 is 7.67. The van der Waals surface area contributed by atoms with Gasteiger partial charge in [0, 0.05) is 17.5 Å². The lowest BCUT2D eigenvalue weighted by Crippen LogP contribution is -2.18. The molecule has 0 bridgehead atoms. The molecule has 0 unspecified atom stereocenters. The van der Waals surface area contributed by atoms with E-state index >= 15 is 0 Å². The van der Waals surface area contributed by atoms with E-state index in [-0.39, 0.29) is 5.91 Å². The second-order valence-electron chi connectivity index (χ2n) is 5.98. The van der Waals surface area contributed by atoms with Crippen molar-refractivity contribution in [2.24, 2.45) is 5.10 Å². The van der Waals surface area contributed by atoms with Crippen molar-refractivity contribution >= 4 is 45.4 Å². The molecule has 0 aliphatic rings. The second kappa shape index (κ2) is 8.89. The lowest BCUT2D eigenvalue weighted by molar-refractivity contribution is 0.0950. The molecule has 0 aliphatic carbocycles. The van der Waals surface area contributed by atoms with Crippen LogP contribution in [0.15, 0.2) is 64.2 Å². The SMILES string of the molecule is COc1ccc(/C=N\NC(=O)c2ccn[nH]2)cc1CSc1nc2ccccc2s1. The van der Waals surface area contributed by atoms with Crippen LogP contribution in [0.5, 0.6) is 5.75 Å². The zero-order valence-electron chi connectivity index (χ0n) is 15.5. The maximum Gasteiger partial charge on any atom is 0.289 e. The molecule has 0 aliphatic heterocycles. The zero-order valence-corrected chi connectivity index (χ0v) is 17.1. The van der Waals surface area contributed by atoms with E-state index in [4.69, 9.17) is 4.74 Å². The average molecular weight is 424 g/mol. The molecule has 146 valence electrons. The fourth-order valence-corrected chi connectivity index (χ4v) is 4.70. The van der Waals surface area contributed by atoms with E-state index < -0.39 is 0 Å². The molecule has 0 saturated heterocycles. The van der Waals surface area contributed by atoms with Crippen molar-refractivity contribution in [1.29, 1.82) is 0 Å². The number of hydrazone groups is 1. The van der Waals surface area contributed by atoms with Crippen LogP contribution in [0.3, 0.4) is 0 Å². The van der Waals surface area contributed by atoms with Gasteiger partial charge in [-0.15, -0.1) is 11.3 Å². The summed E-state index contributed by atoms with van der Waals surface area (Å²) in [5.74, 6) is 1.17. The molecule has 0 saturated carbocycles. The summed E-state index contributed by atoms with van der Waals surface area (Å²) in [6.07, 6.45) is 3.11. The van der Waals surface area contributed by atoms with Gasteiger partial charge in [0.15, 0.2) is 4.34 Å². The lowest BCUT2D eigenvalue weighted by Gasteiger charge is -2.08. The van der Waals surface area contributed by atoms with Crippen molar-refractivity contribution in [2.75, 3.05) is 7.11 Å². The monoisotopic (exact) mass is 423 g/mol. The first-order valence-corrected chi connectivity index (χ1v) is 10.5. The number of ether oxygens (including phenoxy) is 1. The van der Waals surface area contributed by atoms with Gasteiger partial charge in [-0.2, -0.15) is 10.2 Å². The van der Waals surface area contributed by atoms with Gasteiger partial charge >= 0.3 is 0 Å². The summed E-state index contributed by atoms with van der Waals surface area (Å²) in [7, 11) is 1.65. The van der Waals surface area contributed by atoms with Crippen LogP contribution in [0, 0.1) is 0 Å². The van der Waals surface area contributed by atoms with Crippen molar-refractivity contribution in [1.82, 2.24) is 20.6 Å². The molecule has 9 heteroatoms. The Morgan fingerprint density at radius 3 is 3.00 bits per heavy atom. The summed E-state index contributed by atoms with van der Waals surface area (Å²) >= 11 is 3.35. The van der Waals surface area contributed by atoms with Crippen molar-refractivity contribution in [3.8, 4) is 5.75 Å². The number of benzene rings is 2. The highest BCUT2D eigenvalue weighted by atomic mass is 32.2. The standard InChI is InChI=1S/C20H17N5O2S2/c1-27-17-7-6-13(11-22-25-19(26)16-8-9-21-24-16)10-14(17)12-28-20-23-15-4-2-3-5-18(15)29-20/h2-11H,12H2,1H3,(H,21,24)(H,25,26)/b22-11-. The number of H-pyrrole nitrogens is 1. The van der Waals surface area contributed by atoms with E-state index in [9.17, 15) is 4.79 Å². The highest BCUT2D eigenvalue weighted by Gasteiger charge is 2.09. The highest BCUT2D eigenvalue weighted by molar-refractivity contribution is 8.00. The topological polar surface area (TPSA) is 92.3 Å². The molecular weight excluding hydrogens is 406 g/mol. The van der Waals surface area contributed by atoms with E-state index in [0.717, 1.165) is 26.7 Å². The van der Waals surface area contributed by atoms with Gasteiger partial charge in [-0.1, -0.05) is 23.9 Å². The van der Waals surface area contributed by atoms with Crippen LogP contribution in [0.4, 0.5) is 0 Å². The molecule has 0 atom stereocenters. The Balaban J connectivity index is 1.44. The normalized spacial score (nSPS) is 11.2. The minimum Gasteiger partial charge on any atom is -0.496 e. The number of aromatic amines is 1. The summed E-state index contributed by atoms with van der Waals surface area (Å²) in [5.41, 5.74) is 5.72. The van der Waals surface area contributed by atoms with Crippen molar-refractivity contribution < 1.29 is 9.53 Å². The fraction of sp³-hybridized carbons (Fsp3) is 0.100. The Morgan fingerprint density at radius 2 is 2.21 bits per heavy atom. The Bertz CT molecular complexity index is 1120. The molecule has 2 aromatic heterocycles. The van der Waals surface area contributed by atoms with Gasteiger partial charge in [0.05, 0.1) is 23.5 Å². The Morgan fingerprint density at radius 1 is 1.31 bits per heavy atom. The maximum absolute atomic E-state index is 11.9. The first kappa shape index (κ1) is 19.2. The van der Waals surface area contributed by atoms with Crippen LogP contribution in [-0.2, 0) is 5.75 Å². The summed E-state index contributed by atoms with van der Waals surface area (Å²) in [6, 6.07) is 15.5. The third-order valence-corrected chi connectivity index (χ3v) is 6.28. The van der Waals surface area contributed by atoms with Crippen LogP contribution in [0.25, 0.3) is 10.2 Å². The minimum atomic E-state index is -0.348. The predicted molar refractivity (Wildman–Crippen MR) is 116 cm³/mol. The maximum atomic E-state index is 11.9. The van der Waals surface area contributed by atoms with Gasteiger partial charge < -0.3 is 4.74 Å². The fourth-order valence-electron chi connectivity index (χ4n) is 2.65. The van der Waals surface area contributed by atoms with E-state index in [2.05, 4.69) is 31.8 Å². The zero-order chi connectivity index (χ0) is 20.1. The smallest absolute Gasteiger partial charge is 0.289 e. The molecule has 0 fully saturated rings. The van der Waals surface area contributed by atoms with Gasteiger partial charge in [-0.05, 0) is 42.0 Å². The van der Waals surface area contributed by atoms with E-state index in [1.165, 1.54) is 10.9 Å². The molecule has 4 aromatic rings. The van der Waals surface area contributed by atoms with Crippen molar-refractivity contribution in [3.63, 3.8) is 0 Å². The molecule has 0 spiro atoms. The van der Waals surface area contributed by atoms with Crippen molar-refractivity contribution in [2.45, 2.75) is 10.1 Å². The van der Waals surface area contributed by atoms with Crippen LogP contribution in [-0.4, -0.2) is 34.4 Å². The number of aromatic nitrogens is 3. The van der Waals surface area contributed by atoms with Gasteiger partial charge in [0.25, 0.3) is 5.91 Å². The van der Waals surface area contributed by atoms with Gasteiger partial charge in [0.1, 0.15) is 11.4 Å². The number of methoxy groups -OCH3 is 1. The highest BCUT2D eigenvalue weighted by Crippen LogP contribution is 2.33. The number of fused-ring (bicyclic) bond motifs is 1. The third kappa shape index (κ3) is 4.64. The lowest BCUT2D eigenvalue weighted by atomic mass is 10.1. The number of amides is 1. The number of rotatable bonds is 7. The molecule has 4 rings (SSSR count). The minimum absolute atomic E-state index is 0.348. The number of hydrogen-bond acceptors (Lipinski definition) is 7. The third-order valence-electron chi connectivity index (χ3n) is 4.05. The average Bonchev–Trinajstić information content (AvgIpc) is 3.42. The molecule has 0 radical (unpaired) electrons. The Kier molecular flexibility index (Phi) is 5.87. The van der Waals surface area contributed by atoms with Crippen LogP contribution in [0.1, 0.15) is 21.6 Å². The Labute approximate surface area is 175 Å². The number of thioether (sulfide) groups is 1. The van der Waals surface area contributed by atoms with Gasteiger partial charge in [0.2, 0.25) is 0 Å². The summed E-state index contributed by atoms with van der Waals surface area (Å²) in [5, 5.41) is 10.3.